The number of rotatable bonds is 11. The van der Waals surface area contributed by atoms with Gasteiger partial charge in [0.2, 0.25) is 11.8 Å². The molecule has 0 aliphatic carbocycles. The lowest BCUT2D eigenvalue weighted by molar-refractivity contribution is -0.119. The Hall–Kier alpha value is -2.30. The van der Waals surface area contributed by atoms with Crippen LogP contribution in [0.2, 0.25) is 0 Å². The molecule has 3 rings (SSSR count). The highest BCUT2D eigenvalue weighted by Gasteiger charge is 2.16. The van der Waals surface area contributed by atoms with E-state index in [2.05, 4.69) is 46.7 Å². The van der Waals surface area contributed by atoms with Crippen molar-refractivity contribution >= 4 is 46.7 Å². The standard InChI is InChI=1S/C20H23N5O2S3/c1-14-4-6-15(7-5-14)28-12-9-22-18(27)13-30-20-24-23-19(16-3-2-11-29-16)25(20)10-8-17(21)26/h2-7,11H,8-10,12-13H2,1H3,(H2,21,26)(H,22,27). The van der Waals surface area contributed by atoms with E-state index in [-0.39, 0.29) is 24.0 Å². The molecule has 7 nitrogen and oxygen atoms in total. The highest BCUT2D eigenvalue weighted by atomic mass is 32.2. The maximum Gasteiger partial charge on any atom is 0.230 e. The number of hydrogen-bond acceptors (Lipinski definition) is 7. The van der Waals surface area contributed by atoms with Gasteiger partial charge in [0.25, 0.3) is 0 Å². The second-order valence-corrected chi connectivity index (χ2v) is 9.51. The van der Waals surface area contributed by atoms with Gasteiger partial charge in [0, 0.05) is 30.2 Å². The highest BCUT2D eigenvalue weighted by molar-refractivity contribution is 7.99. The van der Waals surface area contributed by atoms with E-state index in [1.807, 2.05) is 22.1 Å². The van der Waals surface area contributed by atoms with Crippen LogP contribution in [-0.2, 0) is 16.1 Å². The van der Waals surface area contributed by atoms with Crippen molar-refractivity contribution in [3.05, 3.63) is 47.3 Å². The van der Waals surface area contributed by atoms with Crippen LogP contribution in [0.25, 0.3) is 10.7 Å². The van der Waals surface area contributed by atoms with E-state index in [0.717, 1.165) is 10.6 Å². The van der Waals surface area contributed by atoms with Crippen molar-refractivity contribution in [1.29, 1.82) is 0 Å². The van der Waals surface area contributed by atoms with Crippen molar-refractivity contribution in [2.45, 2.75) is 29.9 Å². The lowest BCUT2D eigenvalue weighted by Gasteiger charge is -2.08. The van der Waals surface area contributed by atoms with Gasteiger partial charge < -0.3 is 15.6 Å². The van der Waals surface area contributed by atoms with E-state index in [9.17, 15) is 9.59 Å². The van der Waals surface area contributed by atoms with Gasteiger partial charge in [0.15, 0.2) is 11.0 Å². The van der Waals surface area contributed by atoms with Crippen LogP contribution in [-0.4, -0.2) is 44.6 Å². The molecule has 0 radical (unpaired) electrons. The van der Waals surface area contributed by atoms with Crippen LogP contribution in [0.15, 0.2) is 51.8 Å². The van der Waals surface area contributed by atoms with Crippen molar-refractivity contribution in [3.8, 4) is 10.7 Å². The first kappa shape index (κ1) is 22.4. The Morgan fingerprint density at radius 3 is 2.67 bits per heavy atom. The highest BCUT2D eigenvalue weighted by Crippen LogP contribution is 2.27. The third kappa shape index (κ3) is 6.61. The predicted molar refractivity (Wildman–Crippen MR) is 123 cm³/mol. The maximum absolute atomic E-state index is 12.2. The molecule has 0 bridgehead atoms. The minimum atomic E-state index is -0.388. The fraction of sp³-hybridized carbons (Fsp3) is 0.300. The van der Waals surface area contributed by atoms with E-state index in [1.54, 1.807) is 23.1 Å². The lowest BCUT2D eigenvalue weighted by Crippen LogP contribution is -2.27. The minimum absolute atomic E-state index is 0.0633. The molecule has 2 aromatic heterocycles. The Morgan fingerprint density at radius 1 is 1.17 bits per heavy atom. The quantitative estimate of drug-likeness (QED) is 0.336. The molecule has 3 aromatic rings. The summed E-state index contributed by atoms with van der Waals surface area (Å²) in [6, 6.07) is 12.2. The summed E-state index contributed by atoms with van der Waals surface area (Å²) in [6.07, 6.45) is 0.187. The number of thioether (sulfide) groups is 2. The molecule has 0 aliphatic rings. The monoisotopic (exact) mass is 461 g/mol. The molecule has 0 saturated carbocycles. The number of amides is 2. The number of carbonyl (C=O) groups excluding carboxylic acids is 2. The Balaban J connectivity index is 1.49. The smallest absolute Gasteiger partial charge is 0.230 e. The van der Waals surface area contributed by atoms with Gasteiger partial charge in [-0.3, -0.25) is 9.59 Å². The normalized spacial score (nSPS) is 10.8. The fourth-order valence-corrected chi connectivity index (χ4v) is 4.86. The number of carbonyl (C=O) groups is 2. The van der Waals surface area contributed by atoms with E-state index < -0.39 is 0 Å². The summed E-state index contributed by atoms with van der Waals surface area (Å²) < 4.78 is 1.85. The van der Waals surface area contributed by atoms with Crippen LogP contribution in [0.5, 0.6) is 0 Å². The van der Waals surface area contributed by atoms with Crippen molar-refractivity contribution < 1.29 is 9.59 Å². The molecule has 1 aromatic carbocycles. The first-order valence-electron chi connectivity index (χ1n) is 9.37. The number of aryl methyl sites for hydroxylation is 1. The molecule has 3 N–H and O–H groups in total. The number of nitrogens with zero attached hydrogens (tertiary/aromatic N) is 3. The number of hydrogen-bond donors (Lipinski definition) is 2. The van der Waals surface area contributed by atoms with Gasteiger partial charge in [0.1, 0.15) is 0 Å². The zero-order valence-electron chi connectivity index (χ0n) is 16.5. The van der Waals surface area contributed by atoms with Crippen LogP contribution >= 0.6 is 34.9 Å². The maximum atomic E-state index is 12.2. The topological polar surface area (TPSA) is 103 Å². The SMILES string of the molecule is Cc1ccc(SCCNC(=O)CSc2nnc(-c3cccs3)n2CCC(N)=O)cc1. The molecule has 10 heteroatoms. The third-order valence-electron chi connectivity index (χ3n) is 4.09. The largest absolute Gasteiger partial charge is 0.370 e. The third-order valence-corrected chi connectivity index (χ3v) is 6.93. The van der Waals surface area contributed by atoms with Crippen LogP contribution in [0.3, 0.4) is 0 Å². The second kappa shape index (κ2) is 11.2. The average molecular weight is 462 g/mol. The summed E-state index contributed by atoms with van der Waals surface area (Å²) >= 11 is 4.56. The molecular weight excluding hydrogens is 438 g/mol. The molecule has 0 saturated heterocycles. The van der Waals surface area contributed by atoms with E-state index in [0.29, 0.717) is 24.1 Å². The fourth-order valence-electron chi connectivity index (χ4n) is 2.58. The van der Waals surface area contributed by atoms with Crippen molar-refractivity contribution in [3.63, 3.8) is 0 Å². The molecule has 0 aliphatic heterocycles. The van der Waals surface area contributed by atoms with E-state index in [1.165, 1.54) is 22.2 Å². The van der Waals surface area contributed by atoms with Gasteiger partial charge in [-0.05, 0) is 30.5 Å². The van der Waals surface area contributed by atoms with Gasteiger partial charge in [-0.25, -0.2) is 0 Å². The number of nitrogens with one attached hydrogen (secondary N) is 1. The summed E-state index contributed by atoms with van der Waals surface area (Å²) in [5.41, 5.74) is 6.54. The summed E-state index contributed by atoms with van der Waals surface area (Å²) in [5, 5.41) is 13.9. The van der Waals surface area contributed by atoms with Gasteiger partial charge in [-0.2, -0.15) is 0 Å². The zero-order valence-corrected chi connectivity index (χ0v) is 19.0. The molecule has 0 spiro atoms. The Bertz CT molecular complexity index is 971. The summed E-state index contributed by atoms with van der Waals surface area (Å²) in [4.78, 5) is 25.6. The van der Waals surface area contributed by atoms with Gasteiger partial charge in [-0.15, -0.1) is 33.3 Å². The number of nitrogens with two attached hydrogens (primary N) is 1. The van der Waals surface area contributed by atoms with E-state index in [4.69, 9.17) is 5.73 Å². The molecule has 0 fully saturated rings. The first-order valence-corrected chi connectivity index (χ1v) is 12.2. The minimum Gasteiger partial charge on any atom is -0.370 e. The Kier molecular flexibility index (Phi) is 8.35. The van der Waals surface area contributed by atoms with Crippen LogP contribution in [0.1, 0.15) is 12.0 Å². The zero-order chi connectivity index (χ0) is 21.3. The van der Waals surface area contributed by atoms with Crippen molar-refractivity contribution in [2.75, 3.05) is 18.1 Å². The summed E-state index contributed by atoms with van der Waals surface area (Å²) in [6.45, 7) is 3.03. The second-order valence-electron chi connectivity index (χ2n) is 6.45. The number of benzene rings is 1. The van der Waals surface area contributed by atoms with Crippen LogP contribution in [0, 0.1) is 6.92 Å². The number of aromatic nitrogens is 3. The van der Waals surface area contributed by atoms with Gasteiger partial charge in [0.05, 0.1) is 10.6 Å². The lowest BCUT2D eigenvalue weighted by atomic mass is 10.2. The predicted octanol–water partition coefficient (Wildman–Crippen LogP) is 3.19. The molecule has 2 amide bonds. The van der Waals surface area contributed by atoms with Gasteiger partial charge in [-0.1, -0.05) is 35.5 Å². The Labute approximate surface area is 187 Å². The van der Waals surface area contributed by atoms with Crippen LogP contribution < -0.4 is 11.1 Å². The molecular formula is C20H23N5O2S3. The van der Waals surface area contributed by atoms with Crippen LogP contribution in [0.4, 0.5) is 0 Å². The summed E-state index contributed by atoms with van der Waals surface area (Å²) in [5.74, 6) is 1.27. The molecule has 2 heterocycles. The molecule has 158 valence electrons. The number of primary amides is 1. The summed E-state index contributed by atoms with van der Waals surface area (Å²) in [7, 11) is 0. The first-order chi connectivity index (χ1) is 14.5. The van der Waals surface area contributed by atoms with Gasteiger partial charge >= 0.3 is 0 Å². The molecule has 0 atom stereocenters. The van der Waals surface area contributed by atoms with Crippen molar-refractivity contribution in [2.24, 2.45) is 5.73 Å². The van der Waals surface area contributed by atoms with E-state index >= 15 is 0 Å². The molecule has 30 heavy (non-hydrogen) atoms. The van der Waals surface area contributed by atoms with Crippen molar-refractivity contribution in [1.82, 2.24) is 20.1 Å². The number of thiophene rings is 1. The molecule has 0 unspecified atom stereocenters. The Morgan fingerprint density at radius 2 is 1.97 bits per heavy atom. The average Bonchev–Trinajstić information content (AvgIpc) is 3.39.